The first-order valence-electron chi connectivity index (χ1n) is 13.0. The Balaban J connectivity index is 1.66. The van der Waals surface area contributed by atoms with Gasteiger partial charge in [0.2, 0.25) is 0 Å². The lowest BCUT2D eigenvalue weighted by atomic mass is 10.0. The average Bonchev–Trinajstić information content (AvgIpc) is 3.35. The summed E-state index contributed by atoms with van der Waals surface area (Å²) in [4.78, 5) is 0. The van der Waals surface area contributed by atoms with Crippen LogP contribution in [0, 0.1) is 27.7 Å². The maximum absolute atomic E-state index is 7.25. The van der Waals surface area contributed by atoms with Gasteiger partial charge in [-0.15, -0.1) is 0 Å². The van der Waals surface area contributed by atoms with Gasteiger partial charge < -0.3 is 9.05 Å². The minimum Gasteiger partial charge on any atom is -0.331 e. The van der Waals surface area contributed by atoms with Crippen molar-refractivity contribution in [1.82, 2.24) is 0 Å². The van der Waals surface area contributed by atoms with Gasteiger partial charge in [0.25, 0.3) is 0 Å². The third kappa shape index (κ3) is 4.23. The van der Waals surface area contributed by atoms with Crippen LogP contribution in [0.3, 0.4) is 0 Å². The van der Waals surface area contributed by atoms with Crippen LogP contribution >= 0.6 is 15.5 Å². The fourth-order valence-electron chi connectivity index (χ4n) is 5.51. The largest absolute Gasteiger partial charge is 0.331 e. The molecule has 0 saturated heterocycles. The lowest BCUT2D eigenvalue weighted by Gasteiger charge is -2.20. The third-order valence-corrected chi connectivity index (χ3v) is 12.7. The first-order chi connectivity index (χ1) is 18.1. The molecule has 3 aromatic carbocycles. The van der Waals surface area contributed by atoms with Gasteiger partial charge in [-0.3, -0.25) is 0 Å². The summed E-state index contributed by atoms with van der Waals surface area (Å²) in [5.74, 6) is 0. The first kappa shape index (κ1) is 24.5. The predicted molar refractivity (Wildman–Crippen MR) is 159 cm³/mol. The van der Waals surface area contributed by atoms with Crippen molar-refractivity contribution in [3.05, 3.63) is 119 Å². The van der Waals surface area contributed by atoms with Crippen LogP contribution < -0.4 is 9.05 Å². The summed E-state index contributed by atoms with van der Waals surface area (Å²) in [7, 11) is -1.96. The second-order valence-corrected chi connectivity index (χ2v) is 13.3. The van der Waals surface area contributed by atoms with Gasteiger partial charge in [-0.1, -0.05) is 91.0 Å². The van der Waals surface area contributed by atoms with Gasteiger partial charge in [0, 0.05) is 43.1 Å². The Labute approximate surface area is 222 Å². The molecule has 2 aromatic heterocycles. The van der Waals surface area contributed by atoms with Gasteiger partial charge in [0.1, 0.15) is 0 Å². The molecule has 4 heteroatoms. The Morgan fingerprint density at radius 3 is 1.51 bits per heavy atom. The van der Waals surface area contributed by atoms with Crippen molar-refractivity contribution in [3.63, 3.8) is 0 Å². The minimum atomic E-state index is -1.02. The summed E-state index contributed by atoms with van der Waals surface area (Å²) < 4.78 is 14.2. The smallest absolute Gasteiger partial charge is 0.0951 e. The van der Waals surface area contributed by atoms with Crippen molar-refractivity contribution in [3.8, 4) is 32.3 Å². The summed E-state index contributed by atoms with van der Waals surface area (Å²) >= 11 is 0. The molecule has 6 rings (SSSR count). The molecule has 0 saturated carbocycles. The zero-order valence-electron chi connectivity index (χ0n) is 21.9. The second kappa shape index (κ2) is 10.1. The van der Waals surface area contributed by atoms with E-state index in [4.69, 9.17) is 9.05 Å². The molecule has 0 bridgehead atoms. The van der Waals surface area contributed by atoms with Crippen LogP contribution in [0.15, 0.2) is 91.0 Å². The summed E-state index contributed by atoms with van der Waals surface area (Å²) in [5, 5.41) is 5.48. The van der Waals surface area contributed by atoms with E-state index in [9.17, 15) is 0 Å². The van der Waals surface area contributed by atoms with Gasteiger partial charge in [-0.2, -0.15) is 0 Å². The maximum Gasteiger partial charge on any atom is 0.0951 e. The van der Waals surface area contributed by atoms with Gasteiger partial charge in [-0.05, 0) is 66.6 Å². The Kier molecular flexibility index (Phi) is 6.70. The highest BCUT2D eigenvalue weighted by Crippen LogP contribution is 2.64. The molecule has 3 atom stereocenters. The fraction of sp³-hybridized carbons (Fsp3) is 0.212. The van der Waals surface area contributed by atoms with Gasteiger partial charge >= 0.3 is 0 Å². The Hall–Kier alpha value is -2.86. The molecule has 1 aliphatic rings. The summed E-state index contributed by atoms with van der Waals surface area (Å²) in [6.45, 7) is 9.80. The fourth-order valence-corrected chi connectivity index (χ4v) is 11.1. The van der Waals surface area contributed by atoms with Crippen molar-refractivity contribution in [2.45, 2.75) is 40.2 Å². The SMILES string of the molecule is Cc1c(C)c2p(c1-c1ccccc1)OCC[C@@H](c1ccccc1)Op1c(-c3ccccc3)c(C)c(C)c1-2. The number of rotatable bonds is 3. The Morgan fingerprint density at radius 1 is 0.541 bits per heavy atom. The molecular weight excluding hydrogens is 490 g/mol. The molecule has 5 aromatic rings. The first-order valence-corrected chi connectivity index (χ1v) is 15.5. The van der Waals surface area contributed by atoms with Crippen LogP contribution in [0.5, 0.6) is 0 Å². The summed E-state index contributed by atoms with van der Waals surface area (Å²) in [5.41, 5.74) is 9.18. The molecule has 3 heterocycles. The normalized spacial score (nSPS) is 16.4. The van der Waals surface area contributed by atoms with E-state index in [-0.39, 0.29) is 6.10 Å². The Bertz CT molecular complexity index is 1550. The van der Waals surface area contributed by atoms with Crippen molar-refractivity contribution in [2.24, 2.45) is 0 Å². The number of fused-ring (bicyclic) bond motifs is 3. The highest BCUT2D eigenvalue weighted by atomic mass is 31.1. The van der Waals surface area contributed by atoms with Gasteiger partial charge in [0.15, 0.2) is 0 Å². The second-order valence-electron chi connectivity index (χ2n) is 9.84. The van der Waals surface area contributed by atoms with Crippen LogP contribution in [0.25, 0.3) is 32.3 Å². The molecule has 37 heavy (non-hydrogen) atoms. The Morgan fingerprint density at radius 2 is 0.973 bits per heavy atom. The molecular formula is C33H32O2P2. The van der Waals surface area contributed by atoms with E-state index in [2.05, 4.69) is 119 Å². The number of hydrogen-bond donors (Lipinski definition) is 0. The van der Waals surface area contributed by atoms with Crippen molar-refractivity contribution in [1.29, 1.82) is 0 Å². The molecule has 0 amide bonds. The van der Waals surface area contributed by atoms with E-state index in [0.717, 1.165) is 6.42 Å². The van der Waals surface area contributed by atoms with Crippen LogP contribution in [-0.2, 0) is 0 Å². The lowest BCUT2D eigenvalue weighted by molar-refractivity contribution is 0.246. The van der Waals surface area contributed by atoms with E-state index in [1.807, 2.05) is 0 Å². The molecule has 186 valence electrons. The molecule has 0 fully saturated rings. The highest BCUT2D eigenvalue weighted by Gasteiger charge is 2.32. The summed E-state index contributed by atoms with van der Waals surface area (Å²) in [6, 6.07) is 32.3. The average molecular weight is 523 g/mol. The predicted octanol–water partition coefficient (Wildman–Crippen LogP) is 9.90. The van der Waals surface area contributed by atoms with Crippen molar-refractivity contribution in [2.75, 3.05) is 6.61 Å². The molecule has 0 aliphatic carbocycles. The minimum absolute atomic E-state index is 0.0130. The van der Waals surface area contributed by atoms with Crippen LogP contribution in [-0.4, -0.2) is 6.61 Å². The standard InChI is InChI=1S/C33H32O2P2/c1-22-24(3)32-33-25(4)23(2)31(28-18-12-7-13-19-28)37(33)35-29(26-14-8-5-9-15-26)20-21-34-36(32)30(22)27-16-10-6-11-17-27/h5-19,29H,20-21H2,1-4H3/t29-,36?,37?/m0/s1. The lowest BCUT2D eigenvalue weighted by Crippen LogP contribution is -2.10. The maximum atomic E-state index is 7.25. The van der Waals surface area contributed by atoms with Gasteiger partial charge in [-0.25, -0.2) is 0 Å². The molecule has 2 nitrogen and oxygen atoms in total. The van der Waals surface area contributed by atoms with E-state index in [0.29, 0.717) is 6.61 Å². The third-order valence-electron chi connectivity index (χ3n) is 7.68. The molecule has 1 aliphatic heterocycles. The van der Waals surface area contributed by atoms with E-state index < -0.39 is 15.5 Å². The number of hydrogen-bond acceptors (Lipinski definition) is 2. The molecule has 0 radical (unpaired) electrons. The topological polar surface area (TPSA) is 18.5 Å². The molecule has 2 unspecified atom stereocenters. The quantitative estimate of drug-likeness (QED) is 0.235. The zero-order valence-corrected chi connectivity index (χ0v) is 23.7. The van der Waals surface area contributed by atoms with Crippen molar-refractivity contribution >= 4 is 15.5 Å². The van der Waals surface area contributed by atoms with E-state index in [1.165, 1.54) is 60.1 Å². The van der Waals surface area contributed by atoms with Gasteiger partial charge in [0.05, 0.1) is 12.7 Å². The van der Waals surface area contributed by atoms with Crippen LogP contribution in [0.2, 0.25) is 0 Å². The number of benzene rings is 3. The highest BCUT2D eigenvalue weighted by molar-refractivity contribution is 7.57. The van der Waals surface area contributed by atoms with Crippen LogP contribution in [0.1, 0.15) is 40.3 Å². The van der Waals surface area contributed by atoms with E-state index >= 15 is 0 Å². The monoisotopic (exact) mass is 522 g/mol. The summed E-state index contributed by atoms with van der Waals surface area (Å²) in [6.07, 6.45) is 0.823. The van der Waals surface area contributed by atoms with Crippen molar-refractivity contribution < 1.29 is 9.05 Å². The van der Waals surface area contributed by atoms with E-state index in [1.54, 1.807) is 0 Å². The zero-order chi connectivity index (χ0) is 25.5. The molecule has 0 N–H and O–H groups in total. The molecule has 0 spiro atoms. The van der Waals surface area contributed by atoms with Crippen LogP contribution in [0.4, 0.5) is 0 Å².